The summed E-state index contributed by atoms with van der Waals surface area (Å²) >= 11 is 0. The standard InChI is InChI=1S/C9H5FN2O/c10-6-1-2-7-8(5-6)13-9(12-7)3-4-11/h1-2,5H,3H2. The molecule has 0 radical (unpaired) electrons. The summed E-state index contributed by atoms with van der Waals surface area (Å²) in [6.45, 7) is 0. The van der Waals surface area contributed by atoms with Gasteiger partial charge in [-0.05, 0) is 12.1 Å². The molecule has 0 aliphatic rings. The van der Waals surface area contributed by atoms with Crippen molar-refractivity contribution in [1.29, 1.82) is 5.26 Å². The molecule has 0 saturated carbocycles. The van der Waals surface area contributed by atoms with Crippen LogP contribution in [0, 0.1) is 17.1 Å². The predicted molar refractivity (Wildman–Crippen MR) is 43.3 cm³/mol. The molecule has 0 aliphatic carbocycles. The van der Waals surface area contributed by atoms with E-state index in [0.29, 0.717) is 17.0 Å². The summed E-state index contributed by atoms with van der Waals surface area (Å²) in [7, 11) is 0. The summed E-state index contributed by atoms with van der Waals surface area (Å²) in [5.41, 5.74) is 0.955. The molecule has 3 nitrogen and oxygen atoms in total. The predicted octanol–water partition coefficient (Wildman–Crippen LogP) is 2.03. The minimum atomic E-state index is -0.368. The molecule has 1 heterocycles. The number of oxazole rings is 1. The van der Waals surface area contributed by atoms with Gasteiger partial charge in [0.2, 0.25) is 5.89 Å². The maximum absolute atomic E-state index is 12.7. The lowest BCUT2D eigenvalue weighted by molar-refractivity contribution is 0.544. The quantitative estimate of drug-likeness (QED) is 0.667. The Balaban J connectivity index is 2.57. The van der Waals surface area contributed by atoms with Gasteiger partial charge in [0.15, 0.2) is 5.58 Å². The highest BCUT2D eigenvalue weighted by Crippen LogP contribution is 2.16. The van der Waals surface area contributed by atoms with Crippen LogP contribution in [0.1, 0.15) is 5.89 Å². The van der Waals surface area contributed by atoms with Crippen molar-refractivity contribution in [2.24, 2.45) is 0 Å². The van der Waals surface area contributed by atoms with E-state index >= 15 is 0 Å². The first kappa shape index (κ1) is 7.74. The first-order valence-electron chi connectivity index (χ1n) is 3.71. The first-order valence-corrected chi connectivity index (χ1v) is 3.71. The third kappa shape index (κ3) is 1.36. The maximum Gasteiger partial charge on any atom is 0.209 e. The van der Waals surface area contributed by atoms with Gasteiger partial charge >= 0.3 is 0 Å². The van der Waals surface area contributed by atoms with Crippen molar-refractivity contribution < 1.29 is 8.81 Å². The van der Waals surface area contributed by atoms with Gasteiger partial charge in [0.1, 0.15) is 17.8 Å². The fourth-order valence-corrected chi connectivity index (χ4v) is 1.09. The lowest BCUT2D eigenvalue weighted by Crippen LogP contribution is -1.77. The van der Waals surface area contributed by atoms with E-state index in [0.717, 1.165) is 0 Å². The van der Waals surface area contributed by atoms with E-state index in [4.69, 9.17) is 9.68 Å². The number of hydrogen-bond acceptors (Lipinski definition) is 3. The summed E-state index contributed by atoms with van der Waals surface area (Å²) in [5, 5.41) is 8.38. The molecule has 0 atom stereocenters. The zero-order valence-electron chi connectivity index (χ0n) is 6.62. The number of aromatic nitrogens is 1. The van der Waals surface area contributed by atoms with Gasteiger partial charge < -0.3 is 4.42 Å². The van der Waals surface area contributed by atoms with E-state index in [2.05, 4.69) is 4.98 Å². The summed E-state index contributed by atoms with van der Waals surface area (Å²) in [6, 6.07) is 5.99. The highest BCUT2D eigenvalue weighted by Gasteiger charge is 2.05. The number of hydrogen-bond donors (Lipinski definition) is 0. The monoisotopic (exact) mass is 176 g/mol. The van der Waals surface area contributed by atoms with E-state index in [-0.39, 0.29) is 12.2 Å². The van der Waals surface area contributed by atoms with Crippen molar-refractivity contribution in [3.8, 4) is 6.07 Å². The normalized spacial score (nSPS) is 10.2. The zero-order chi connectivity index (χ0) is 9.26. The van der Waals surface area contributed by atoms with Gasteiger partial charge in [-0.1, -0.05) is 0 Å². The van der Waals surface area contributed by atoms with Crippen LogP contribution >= 0.6 is 0 Å². The lowest BCUT2D eigenvalue weighted by atomic mass is 10.3. The van der Waals surface area contributed by atoms with Crippen LogP contribution in [-0.4, -0.2) is 4.98 Å². The number of benzene rings is 1. The van der Waals surface area contributed by atoms with Crippen molar-refractivity contribution in [3.05, 3.63) is 29.9 Å². The molecule has 2 rings (SSSR count). The summed E-state index contributed by atoms with van der Waals surface area (Å²) < 4.78 is 17.8. The molecule has 0 unspecified atom stereocenters. The third-order valence-electron chi connectivity index (χ3n) is 1.63. The van der Waals surface area contributed by atoms with Crippen LogP contribution in [0.4, 0.5) is 4.39 Å². The molecule has 0 aliphatic heterocycles. The largest absolute Gasteiger partial charge is 0.439 e. The van der Waals surface area contributed by atoms with Crippen molar-refractivity contribution in [2.45, 2.75) is 6.42 Å². The number of nitriles is 1. The van der Waals surface area contributed by atoms with Crippen LogP contribution in [-0.2, 0) is 6.42 Å². The van der Waals surface area contributed by atoms with Crippen LogP contribution in [0.15, 0.2) is 22.6 Å². The average Bonchev–Trinajstić information content (AvgIpc) is 2.46. The van der Waals surface area contributed by atoms with E-state index in [1.54, 1.807) is 0 Å². The molecular weight excluding hydrogens is 171 g/mol. The molecule has 0 N–H and O–H groups in total. The Morgan fingerprint density at radius 3 is 3.15 bits per heavy atom. The Morgan fingerprint density at radius 1 is 1.54 bits per heavy atom. The second-order valence-electron chi connectivity index (χ2n) is 2.55. The minimum Gasteiger partial charge on any atom is -0.439 e. The van der Waals surface area contributed by atoms with Gasteiger partial charge in [0, 0.05) is 6.07 Å². The van der Waals surface area contributed by atoms with Crippen LogP contribution in [0.2, 0.25) is 0 Å². The third-order valence-corrected chi connectivity index (χ3v) is 1.63. The Kier molecular flexibility index (Phi) is 1.71. The van der Waals surface area contributed by atoms with Gasteiger partial charge in [-0.3, -0.25) is 0 Å². The average molecular weight is 176 g/mol. The van der Waals surface area contributed by atoms with E-state index in [9.17, 15) is 4.39 Å². The Labute approximate surface area is 73.4 Å². The second-order valence-corrected chi connectivity index (χ2v) is 2.55. The summed E-state index contributed by atoms with van der Waals surface area (Å²) in [5.74, 6) is -0.0461. The van der Waals surface area contributed by atoms with Gasteiger partial charge in [-0.25, -0.2) is 9.37 Å². The molecule has 1 aromatic carbocycles. The van der Waals surface area contributed by atoms with Crippen LogP contribution in [0.3, 0.4) is 0 Å². The molecule has 0 spiro atoms. The Morgan fingerprint density at radius 2 is 2.38 bits per heavy atom. The molecule has 1 aromatic heterocycles. The first-order chi connectivity index (χ1) is 6.29. The SMILES string of the molecule is N#CCc1nc2ccc(F)cc2o1. The van der Waals surface area contributed by atoms with Crippen molar-refractivity contribution >= 4 is 11.1 Å². The maximum atomic E-state index is 12.7. The molecule has 4 heteroatoms. The molecule has 0 amide bonds. The van der Waals surface area contributed by atoms with Gasteiger partial charge in [0.25, 0.3) is 0 Å². The molecule has 0 fully saturated rings. The van der Waals surface area contributed by atoms with E-state index in [1.807, 2.05) is 6.07 Å². The smallest absolute Gasteiger partial charge is 0.209 e. The zero-order valence-corrected chi connectivity index (χ0v) is 6.62. The van der Waals surface area contributed by atoms with Gasteiger partial charge in [0.05, 0.1) is 6.07 Å². The molecule has 0 saturated heterocycles. The molecule has 13 heavy (non-hydrogen) atoms. The number of rotatable bonds is 1. The van der Waals surface area contributed by atoms with Crippen LogP contribution in [0.25, 0.3) is 11.1 Å². The Hall–Kier alpha value is -1.89. The van der Waals surface area contributed by atoms with Crippen LogP contribution < -0.4 is 0 Å². The Bertz CT molecular complexity index is 484. The van der Waals surface area contributed by atoms with Gasteiger partial charge in [-0.15, -0.1) is 0 Å². The van der Waals surface area contributed by atoms with E-state index < -0.39 is 0 Å². The second kappa shape index (κ2) is 2.87. The molecule has 0 bridgehead atoms. The fourth-order valence-electron chi connectivity index (χ4n) is 1.09. The molecule has 64 valence electrons. The molecule has 2 aromatic rings. The minimum absolute atomic E-state index is 0.107. The summed E-state index contributed by atoms with van der Waals surface area (Å²) in [6.07, 6.45) is 0.107. The number of nitrogens with zero attached hydrogens (tertiary/aromatic N) is 2. The number of halogens is 1. The number of fused-ring (bicyclic) bond motifs is 1. The topological polar surface area (TPSA) is 49.8 Å². The van der Waals surface area contributed by atoms with Crippen molar-refractivity contribution in [3.63, 3.8) is 0 Å². The fraction of sp³-hybridized carbons (Fsp3) is 0.111. The van der Waals surface area contributed by atoms with Crippen LogP contribution in [0.5, 0.6) is 0 Å². The van der Waals surface area contributed by atoms with Crippen molar-refractivity contribution in [2.75, 3.05) is 0 Å². The highest BCUT2D eigenvalue weighted by molar-refractivity contribution is 5.72. The van der Waals surface area contributed by atoms with Crippen molar-refractivity contribution in [1.82, 2.24) is 4.98 Å². The highest BCUT2D eigenvalue weighted by atomic mass is 19.1. The lowest BCUT2D eigenvalue weighted by Gasteiger charge is -1.84. The van der Waals surface area contributed by atoms with E-state index in [1.165, 1.54) is 18.2 Å². The molecular formula is C9H5FN2O. The van der Waals surface area contributed by atoms with Gasteiger partial charge in [-0.2, -0.15) is 5.26 Å². The summed E-state index contributed by atoms with van der Waals surface area (Å²) in [4.78, 5) is 3.99.